The van der Waals surface area contributed by atoms with Crippen molar-refractivity contribution in [1.29, 1.82) is 0 Å². The quantitative estimate of drug-likeness (QED) is 0.608. The van der Waals surface area contributed by atoms with Crippen molar-refractivity contribution in [2.75, 3.05) is 0 Å². The molecule has 4 fully saturated rings. The lowest BCUT2D eigenvalue weighted by molar-refractivity contribution is -0.259. The lowest BCUT2D eigenvalue weighted by Crippen LogP contribution is -2.62. The topological polar surface area (TPSA) is 63.6 Å². The minimum atomic E-state index is -5.50. The van der Waals surface area contributed by atoms with Crippen LogP contribution < -0.4 is 0 Å². The van der Waals surface area contributed by atoms with Crippen molar-refractivity contribution >= 4 is 11.9 Å². The molecule has 0 heterocycles. The van der Waals surface area contributed by atoms with Crippen molar-refractivity contribution in [3.05, 3.63) is 0 Å². The summed E-state index contributed by atoms with van der Waals surface area (Å²) in [5, 5.41) is 8.32. The Balaban J connectivity index is 1.86. The predicted molar refractivity (Wildman–Crippen MR) is 73.7 cm³/mol. The second kappa shape index (κ2) is 5.33. The normalized spacial score (nSPS) is 38.2. The number of hydrogen-bond acceptors (Lipinski definition) is 3. The standard InChI is InChI=1S/C16H20F4O4/c1-2-14(10-4-8-3-9(6-10)7-11(14)5-8)24-13(23)16(19,20)15(17,18)12(21)22/h8-11H,2-7H2,1H3,(H,21,22). The molecule has 4 saturated carbocycles. The van der Waals surface area contributed by atoms with E-state index in [1.807, 2.05) is 0 Å². The van der Waals surface area contributed by atoms with Crippen LogP contribution in [0.3, 0.4) is 0 Å². The van der Waals surface area contributed by atoms with E-state index >= 15 is 0 Å². The van der Waals surface area contributed by atoms with Gasteiger partial charge in [-0.05, 0) is 62.2 Å². The van der Waals surface area contributed by atoms with E-state index in [9.17, 15) is 27.2 Å². The third-order valence-electron chi connectivity index (χ3n) is 6.27. The molecule has 1 N–H and O–H groups in total. The van der Waals surface area contributed by atoms with Gasteiger partial charge in [0.1, 0.15) is 5.60 Å². The van der Waals surface area contributed by atoms with Gasteiger partial charge in [-0.15, -0.1) is 0 Å². The number of carbonyl (C=O) groups is 2. The Labute approximate surface area is 136 Å². The first-order valence-electron chi connectivity index (χ1n) is 8.27. The van der Waals surface area contributed by atoms with Crippen LogP contribution in [0.15, 0.2) is 0 Å². The molecule has 4 aliphatic rings. The Morgan fingerprint density at radius 1 is 1.00 bits per heavy atom. The number of carbonyl (C=O) groups excluding carboxylic acids is 1. The van der Waals surface area contributed by atoms with Crippen LogP contribution in [0.25, 0.3) is 0 Å². The highest BCUT2D eigenvalue weighted by molar-refractivity contribution is 5.89. The highest BCUT2D eigenvalue weighted by Gasteiger charge is 2.70. The highest BCUT2D eigenvalue weighted by atomic mass is 19.3. The maximum Gasteiger partial charge on any atom is 0.415 e. The first-order valence-corrected chi connectivity index (χ1v) is 8.27. The Hall–Kier alpha value is -1.34. The molecule has 0 spiro atoms. The van der Waals surface area contributed by atoms with Gasteiger partial charge in [0.15, 0.2) is 0 Å². The van der Waals surface area contributed by atoms with Crippen molar-refractivity contribution in [2.45, 2.75) is 62.9 Å². The molecular formula is C16H20F4O4. The van der Waals surface area contributed by atoms with Gasteiger partial charge in [0.2, 0.25) is 0 Å². The second-order valence-corrected chi connectivity index (χ2v) is 7.46. The number of alkyl halides is 4. The summed E-state index contributed by atoms with van der Waals surface area (Å²) >= 11 is 0. The van der Waals surface area contributed by atoms with Gasteiger partial charge in [0.25, 0.3) is 0 Å². The molecule has 4 bridgehead atoms. The van der Waals surface area contributed by atoms with Crippen LogP contribution in [0.1, 0.15) is 45.4 Å². The van der Waals surface area contributed by atoms with Crippen LogP contribution >= 0.6 is 0 Å². The number of hydrogen-bond donors (Lipinski definition) is 1. The maximum absolute atomic E-state index is 13.8. The van der Waals surface area contributed by atoms with E-state index in [2.05, 4.69) is 0 Å². The summed E-state index contributed by atoms with van der Waals surface area (Å²) in [5.41, 5.74) is -1.18. The third kappa shape index (κ3) is 2.24. The molecule has 0 amide bonds. The number of rotatable bonds is 5. The lowest BCUT2D eigenvalue weighted by atomic mass is 9.49. The van der Waals surface area contributed by atoms with Crippen LogP contribution in [-0.4, -0.2) is 34.5 Å². The molecule has 24 heavy (non-hydrogen) atoms. The SMILES string of the molecule is CCC1(OC(=O)C(F)(F)C(F)(F)C(=O)O)C2CC3CC(C2)CC1C3. The smallest absolute Gasteiger partial charge is 0.415 e. The van der Waals surface area contributed by atoms with E-state index in [-0.39, 0.29) is 18.3 Å². The number of carboxylic acids is 1. The zero-order valence-corrected chi connectivity index (χ0v) is 13.2. The third-order valence-corrected chi connectivity index (χ3v) is 6.27. The average Bonchev–Trinajstić information content (AvgIpc) is 2.49. The van der Waals surface area contributed by atoms with Crippen LogP contribution in [0.4, 0.5) is 17.6 Å². The highest BCUT2D eigenvalue weighted by Crippen LogP contribution is 2.61. The summed E-state index contributed by atoms with van der Waals surface area (Å²) in [6, 6.07) is 0. The lowest BCUT2D eigenvalue weighted by Gasteiger charge is -2.60. The van der Waals surface area contributed by atoms with E-state index in [0.717, 1.165) is 32.1 Å². The van der Waals surface area contributed by atoms with Crippen molar-refractivity contribution in [1.82, 2.24) is 0 Å². The van der Waals surface area contributed by atoms with Gasteiger partial charge in [-0.1, -0.05) is 6.92 Å². The first-order chi connectivity index (χ1) is 11.0. The predicted octanol–water partition coefficient (Wildman–Crippen LogP) is 3.49. The molecule has 0 unspecified atom stereocenters. The number of aliphatic carboxylic acids is 1. The Kier molecular flexibility index (Phi) is 3.88. The molecule has 0 aromatic rings. The molecule has 0 aromatic carbocycles. The van der Waals surface area contributed by atoms with Gasteiger partial charge in [0.05, 0.1) is 0 Å². The largest absolute Gasteiger partial charge is 0.477 e. The summed E-state index contributed by atoms with van der Waals surface area (Å²) in [7, 11) is 0. The molecular weight excluding hydrogens is 332 g/mol. The van der Waals surface area contributed by atoms with Gasteiger partial charge < -0.3 is 9.84 Å². The van der Waals surface area contributed by atoms with Crippen molar-refractivity contribution < 1.29 is 37.0 Å². The number of ether oxygens (including phenoxy) is 1. The Bertz CT molecular complexity index is 532. The molecule has 0 saturated heterocycles. The van der Waals surface area contributed by atoms with E-state index in [1.165, 1.54) is 0 Å². The Morgan fingerprint density at radius 3 is 1.83 bits per heavy atom. The van der Waals surface area contributed by atoms with Crippen LogP contribution in [0, 0.1) is 23.7 Å². The molecule has 8 heteroatoms. The molecule has 0 atom stereocenters. The number of carboxylic acid groups (broad SMARTS) is 1. The number of esters is 1. The van der Waals surface area contributed by atoms with Crippen molar-refractivity contribution in [3.63, 3.8) is 0 Å². The second-order valence-electron chi connectivity index (χ2n) is 7.46. The summed E-state index contributed by atoms with van der Waals surface area (Å²) in [6.07, 6.45) is 4.34. The van der Waals surface area contributed by atoms with Gasteiger partial charge in [-0.2, -0.15) is 17.6 Å². The zero-order chi connectivity index (χ0) is 17.9. The van der Waals surface area contributed by atoms with Crippen molar-refractivity contribution in [2.24, 2.45) is 23.7 Å². The van der Waals surface area contributed by atoms with Crippen LogP contribution in [0.2, 0.25) is 0 Å². The molecule has 0 aromatic heterocycles. The van der Waals surface area contributed by atoms with Gasteiger partial charge >= 0.3 is 23.8 Å². The molecule has 4 aliphatic carbocycles. The summed E-state index contributed by atoms with van der Waals surface area (Å²) < 4.78 is 59.1. The average molecular weight is 352 g/mol. The van der Waals surface area contributed by atoms with Crippen LogP contribution in [0.5, 0.6) is 0 Å². The zero-order valence-electron chi connectivity index (χ0n) is 13.2. The fourth-order valence-corrected chi connectivity index (χ4v) is 5.30. The minimum absolute atomic E-state index is 0.114. The molecule has 0 aliphatic heterocycles. The molecule has 4 rings (SSSR count). The fourth-order valence-electron chi connectivity index (χ4n) is 5.30. The maximum atomic E-state index is 13.8. The molecule has 136 valence electrons. The first kappa shape index (κ1) is 17.5. The van der Waals surface area contributed by atoms with Gasteiger partial charge in [-0.25, -0.2) is 9.59 Å². The molecule has 4 nitrogen and oxygen atoms in total. The van der Waals surface area contributed by atoms with Gasteiger partial charge in [-0.3, -0.25) is 0 Å². The van der Waals surface area contributed by atoms with Crippen LogP contribution in [-0.2, 0) is 14.3 Å². The van der Waals surface area contributed by atoms with E-state index in [0.29, 0.717) is 11.8 Å². The van der Waals surface area contributed by atoms with E-state index in [1.54, 1.807) is 6.92 Å². The summed E-state index contributed by atoms with van der Waals surface area (Å²) in [4.78, 5) is 22.3. The minimum Gasteiger partial charge on any atom is -0.477 e. The molecule has 0 radical (unpaired) electrons. The number of halogens is 4. The van der Waals surface area contributed by atoms with E-state index < -0.39 is 29.4 Å². The fraction of sp³-hybridized carbons (Fsp3) is 0.875. The summed E-state index contributed by atoms with van der Waals surface area (Å²) in [5.74, 6) is -15.6. The van der Waals surface area contributed by atoms with Gasteiger partial charge in [0, 0.05) is 0 Å². The Morgan fingerprint density at radius 2 is 1.46 bits per heavy atom. The van der Waals surface area contributed by atoms with E-state index in [4.69, 9.17) is 9.84 Å². The van der Waals surface area contributed by atoms with Crippen molar-refractivity contribution in [3.8, 4) is 0 Å². The monoisotopic (exact) mass is 352 g/mol. The summed E-state index contributed by atoms with van der Waals surface area (Å²) in [6.45, 7) is 1.70.